The monoisotopic (exact) mass is 232 g/mol. The van der Waals surface area contributed by atoms with E-state index in [1.807, 2.05) is 0 Å². The van der Waals surface area contributed by atoms with E-state index in [1.54, 1.807) is 0 Å². The molecule has 2 unspecified atom stereocenters. The molecule has 0 aliphatic rings. The molecular formula is C7H13NaO5S. The molecule has 1 N–H and O–H groups in total. The molecule has 0 fully saturated rings. The molecule has 7 heteroatoms. The molecule has 2 atom stereocenters. The van der Waals surface area contributed by atoms with Crippen LogP contribution in [-0.2, 0) is 14.9 Å². The second-order valence-electron chi connectivity index (χ2n) is 2.62. The van der Waals surface area contributed by atoms with Gasteiger partial charge in [-0.15, -0.1) is 6.58 Å². The van der Waals surface area contributed by atoms with Crippen molar-refractivity contribution >= 4 is 10.1 Å². The average molecular weight is 232 g/mol. The van der Waals surface area contributed by atoms with Crippen molar-refractivity contribution < 1.29 is 52.4 Å². The Hall–Kier alpha value is 0.570. The zero-order chi connectivity index (χ0) is 10.5. The zero-order valence-electron chi connectivity index (χ0n) is 8.34. The molecule has 5 nitrogen and oxygen atoms in total. The number of hydrogen-bond donors (Lipinski definition) is 1. The van der Waals surface area contributed by atoms with Gasteiger partial charge < -0.3 is 14.4 Å². The zero-order valence-corrected chi connectivity index (χ0v) is 11.2. The van der Waals surface area contributed by atoms with Crippen molar-refractivity contribution in [2.75, 3.05) is 12.4 Å². The van der Waals surface area contributed by atoms with Crippen molar-refractivity contribution in [3.8, 4) is 0 Å². The third-order valence-corrected chi connectivity index (χ3v) is 2.14. The van der Waals surface area contributed by atoms with Gasteiger partial charge in [0.2, 0.25) is 0 Å². The van der Waals surface area contributed by atoms with Crippen LogP contribution in [0.5, 0.6) is 0 Å². The fourth-order valence-electron chi connectivity index (χ4n) is 0.676. The van der Waals surface area contributed by atoms with Crippen LogP contribution in [0.25, 0.3) is 0 Å². The maximum absolute atomic E-state index is 10.2. The van der Waals surface area contributed by atoms with Crippen molar-refractivity contribution in [3.63, 3.8) is 0 Å². The largest absolute Gasteiger partial charge is 1.00 e. The van der Waals surface area contributed by atoms with E-state index in [0.29, 0.717) is 0 Å². The first-order valence-corrected chi connectivity index (χ1v) is 5.28. The van der Waals surface area contributed by atoms with Gasteiger partial charge in [-0.1, -0.05) is 6.08 Å². The smallest absolute Gasteiger partial charge is 0.748 e. The third-order valence-electron chi connectivity index (χ3n) is 1.39. The maximum Gasteiger partial charge on any atom is 1.00 e. The molecule has 0 bridgehead atoms. The molecule has 14 heavy (non-hydrogen) atoms. The number of hydrogen-bond acceptors (Lipinski definition) is 5. The van der Waals surface area contributed by atoms with E-state index in [2.05, 4.69) is 6.58 Å². The summed E-state index contributed by atoms with van der Waals surface area (Å²) in [5.74, 6) is -0.828. The van der Waals surface area contributed by atoms with E-state index in [4.69, 9.17) is 9.84 Å². The van der Waals surface area contributed by atoms with Gasteiger partial charge in [0.25, 0.3) is 0 Å². The van der Waals surface area contributed by atoms with Crippen LogP contribution in [0.3, 0.4) is 0 Å². The minimum atomic E-state index is -4.40. The third kappa shape index (κ3) is 9.14. The van der Waals surface area contributed by atoms with Crippen LogP contribution in [0.15, 0.2) is 12.7 Å². The van der Waals surface area contributed by atoms with Crippen molar-refractivity contribution in [1.82, 2.24) is 0 Å². The summed E-state index contributed by atoms with van der Waals surface area (Å²) in [6, 6.07) is 0. The van der Waals surface area contributed by atoms with E-state index >= 15 is 0 Å². The number of rotatable bonds is 6. The van der Waals surface area contributed by atoms with Gasteiger partial charge in [-0.3, -0.25) is 0 Å². The van der Waals surface area contributed by atoms with Crippen LogP contribution in [0, 0.1) is 0 Å². The van der Waals surface area contributed by atoms with Gasteiger partial charge >= 0.3 is 29.6 Å². The predicted octanol–water partition coefficient (Wildman–Crippen LogP) is -3.51. The first-order chi connectivity index (χ1) is 5.87. The molecule has 78 valence electrons. The Morgan fingerprint density at radius 2 is 2.14 bits per heavy atom. The van der Waals surface area contributed by atoms with E-state index in [9.17, 15) is 13.0 Å². The molecule has 0 aliphatic heterocycles. The van der Waals surface area contributed by atoms with Crippen molar-refractivity contribution in [3.05, 3.63) is 12.7 Å². The summed E-state index contributed by atoms with van der Waals surface area (Å²) in [5, 5.41) is 9.14. The Morgan fingerprint density at radius 3 is 2.50 bits per heavy atom. The standard InChI is InChI=1S/C7H14O5S.Na/c1-3-4-12-6(2)7(8)5-13(9,10)11;/h3,6-8H,1,4-5H2,2H3,(H,9,10,11);/q;+1/p-1. The fraction of sp³-hybridized carbons (Fsp3) is 0.714. The second-order valence-corrected chi connectivity index (χ2v) is 4.07. The Balaban J connectivity index is 0. The Bertz CT molecular complexity index is 251. The molecular weight excluding hydrogens is 219 g/mol. The molecule has 0 rings (SSSR count). The van der Waals surface area contributed by atoms with Gasteiger partial charge in [0.15, 0.2) is 0 Å². The molecule has 0 aromatic rings. The van der Waals surface area contributed by atoms with Crippen LogP contribution in [0.2, 0.25) is 0 Å². The molecule has 0 saturated heterocycles. The van der Waals surface area contributed by atoms with Crippen LogP contribution in [0.1, 0.15) is 6.92 Å². The summed E-state index contributed by atoms with van der Waals surface area (Å²) in [4.78, 5) is 0. The van der Waals surface area contributed by atoms with Gasteiger partial charge in [-0.2, -0.15) is 0 Å². The summed E-state index contributed by atoms with van der Waals surface area (Å²) in [7, 11) is -4.40. The Morgan fingerprint density at radius 1 is 1.64 bits per heavy atom. The Kier molecular flexibility index (Phi) is 9.47. The summed E-state index contributed by atoms with van der Waals surface area (Å²) < 4.78 is 35.6. The van der Waals surface area contributed by atoms with Crippen LogP contribution in [0.4, 0.5) is 0 Å². The van der Waals surface area contributed by atoms with E-state index in [1.165, 1.54) is 13.0 Å². The quantitative estimate of drug-likeness (QED) is 0.291. The average Bonchev–Trinajstić information content (AvgIpc) is 1.96. The van der Waals surface area contributed by atoms with Gasteiger partial charge in [0.1, 0.15) is 0 Å². The number of ether oxygens (including phenoxy) is 1. The summed E-state index contributed by atoms with van der Waals surface area (Å²) >= 11 is 0. The number of aliphatic hydroxyl groups is 1. The summed E-state index contributed by atoms with van der Waals surface area (Å²) in [6.07, 6.45) is -0.515. The number of aliphatic hydroxyl groups excluding tert-OH is 1. The molecule has 0 radical (unpaired) electrons. The van der Waals surface area contributed by atoms with Gasteiger partial charge in [0, 0.05) is 0 Å². The summed E-state index contributed by atoms with van der Waals surface area (Å²) in [6.45, 7) is 5.07. The van der Waals surface area contributed by atoms with Crippen LogP contribution in [-0.4, -0.2) is 42.6 Å². The molecule has 0 saturated carbocycles. The SMILES string of the molecule is C=CCOC(C)C(O)CS(=O)(=O)[O-].[Na+]. The van der Waals surface area contributed by atoms with Crippen molar-refractivity contribution in [2.45, 2.75) is 19.1 Å². The van der Waals surface area contributed by atoms with Crippen molar-refractivity contribution in [2.24, 2.45) is 0 Å². The van der Waals surface area contributed by atoms with E-state index in [0.717, 1.165) is 0 Å². The minimum absolute atomic E-state index is 0. The normalized spacial score (nSPS) is 15.4. The molecule has 0 aliphatic carbocycles. The molecule has 0 aromatic heterocycles. The first kappa shape index (κ1) is 17.0. The van der Waals surface area contributed by atoms with Gasteiger partial charge in [0.05, 0.1) is 34.7 Å². The van der Waals surface area contributed by atoms with Crippen LogP contribution < -0.4 is 29.6 Å². The first-order valence-electron chi connectivity index (χ1n) is 3.71. The second kappa shape index (κ2) is 7.81. The molecule has 0 spiro atoms. The molecule has 0 aromatic carbocycles. The molecule has 0 heterocycles. The van der Waals surface area contributed by atoms with Gasteiger partial charge in [-0.25, -0.2) is 8.42 Å². The van der Waals surface area contributed by atoms with E-state index in [-0.39, 0.29) is 36.2 Å². The van der Waals surface area contributed by atoms with Gasteiger partial charge in [-0.05, 0) is 6.92 Å². The van der Waals surface area contributed by atoms with Crippen molar-refractivity contribution in [1.29, 1.82) is 0 Å². The minimum Gasteiger partial charge on any atom is -0.748 e. The Labute approximate surface area is 106 Å². The van der Waals surface area contributed by atoms with E-state index < -0.39 is 28.1 Å². The van der Waals surface area contributed by atoms with Crippen LogP contribution >= 0.6 is 0 Å². The maximum atomic E-state index is 10.2. The fourth-order valence-corrected chi connectivity index (χ4v) is 1.36. The topological polar surface area (TPSA) is 86.7 Å². The summed E-state index contributed by atoms with van der Waals surface area (Å²) in [5.41, 5.74) is 0. The molecule has 0 amide bonds. The predicted molar refractivity (Wildman–Crippen MR) is 46.2 cm³/mol.